The van der Waals surface area contributed by atoms with Crippen LogP contribution in [0.2, 0.25) is 0 Å². The van der Waals surface area contributed by atoms with Gasteiger partial charge in [-0.25, -0.2) is 4.79 Å². The number of carbonyl (C=O) groups is 2. The van der Waals surface area contributed by atoms with Crippen LogP contribution in [0, 0.1) is 5.92 Å². The van der Waals surface area contributed by atoms with Gasteiger partial charge in [-0.15, -0.1) is 0 Å². The maximum atomic E-state index is 11.5. The molecule has 0 saturated carbocycles. The van der Waals surface area contributed by atoms with Crippen LogP contribution in [-0.4, -0.2) is 24.5 Å². The molecule has 0 radical (unpaired) electrons. The van der Waals surface area contributed by atoms with Gasteiger partial charge in [0, 0.05) is 6.04 Å². The molecular weight excluding hydrogens is 242 g/mol. The van der Waals surface area contributed by atoms with Crippen LogP contribution in [0.5, 0.6) is 0 Å². The maximum absolute atomic E-state index is 11.5. The summed E-state index contributed by atoms with van der Waals surface area (Å²) in [5.74, 6) is -1.25. The van der Waals surface area contributed by atoms with Gasteiger partial charge in [-0.05, 0) is 31.7 Å². The lowest BCUT2D eigenvalue weighted by atomic mass is 9.95. The van der Waals surface area contributed by atoms with E-state index in [1.165, 1.54) is 5.56 Å². The van der Waals surface area contributed by atoms with E-state index in [-0.39, 0.29) is 18.6 Å². The molecular formula is C15H21NO3. The standard InChI is InChI=1S/C15H21NO3/c1-4-19-15(18)14(17)16-12(3)11(2)10-13-8-6-5-7-9-13/h5-9,11-12H,4,10H2,1-3H3,(H,16,17). The number of hydrogen-bond donors (Lipinski definition) is 1. The van der Waals surface area contributed by atoms with E-state index in [9.17, 15) is 9.59 Å². The fraction of sp³-hybridized carbons (Fsp3) is 0.467. The van der Waals surface area contributed by atoms with Crippen molar-refractivity contribution in [2.75, 3.05) is 6.61 Å². The molecule has 1 N–H and O–H groups in total. The minimum absolute atomic E-state index is 0.0860. The largest absolute Gasteiger partial charge is 0.459 e. The molecule has 4 heteroatoms. The van der Waals surface area contributed by atoms with E-state index in [1.54, 1.807) is 6.92 Å². The van der Waals surface area contributed by atoms with Crippen molar-refractivity contribution >= 4 is 11.9 Å². The van der Waals surface area contributed by atoms with Crippen LogP contribution in [0.15, 0.2) is 30.3 Å². The first-order valence-corrected chi connectivity index (χ1v) is 6.56. The van der Waals surface area contributed by atoms with Crippen molar-refractivity contribution < 1.29 is 14.3 Å². The number of hydrogen-bond acceptors (Lipinski definition) is 3. The molecule has 1 aromatic carbocycles. The van der Waals surface area contributed by atoms with Gasteiger partial charge in [0.25, 0.3) is 0 Å². The van der Waals surface area contributed by atoms with Gasteiger partial charge in [0.05, 0.1) is 6.61 Å². The highest BCUT2D eigenvalue weighted by molar-refractivity contribution is 6.32. The number of carbonyl (C=O) groups excluding carboxylic acids is 2. The van der Waals surface area contributed by atoms with E-state index in [0.29, 0.717) is 0 Å². The lowest BCUT2D eigenvalue weighted by Crippen LogP contribution is -2.42. The molecule has 0 heterocycles. The topological polar surface area (TPSA) is 55.4 Å². The number of esters is 1. The second-order valence-corrected chi connectivity index (χ2v) is 4.65. The minimum atomic E-state index is -0.818. The van der Waals surface area contributed by atoms with Crippen LogP contribution in [-0.2, 0) is 20.7 Å². The number of benzene rings is 1. The lowest BCUT2D eigenvalue weighted by molar-refractivity contribution is -0.155. The van der Waals surface area contributed by atoms with Crippen molar-refractivity contribution in [3.8, 4) is 0 Å². The van der Waals surface area contributed by atoms with Crippen molar-refractivity contribution in [3.05, 3.63) is 35.9 Å². The normalized spacial score (nSPS) is 13.4. The molecule has 2 unspecified atom stereocenters. The van der Waals surface area contributed by atoms with Gasteiger partial charge in [-0.3, -0.25) is 4.79 Å². The highest BCUT2D eigenvalue weighted by atomic mass is 16.5. The maximum Gasteiger partial charge on any atom is 0.396 e. The third-order valence-electron chi connectivity index (χ3n) is 3.07. The summed E-state index contributed by atoms with van der Waals surface area (Å²) < 4.78 is 4.65. The molecule has 0 fully saturated rings. The van der Waals surface area contributed by atoms with Crippen molar-refractivity contribution in [3.63, 3.8) is 0 Å². The summed E-state index contributed by atoms with van der Waals surface area (Å²) in [5, 5.41) is 2.67. The Balaban J connectivity index is 2.46. The predicted molar refractivity (Wildman–Crippen MR) is 73.5 cm³/mol. The Morgan fingerprint density at radius 2 is 1.84 bits per heavy atom. The quantitative estimate of drug-likeness (QED) is 0.652. The molecule has 0 aliphatic carbocycles. The molecule has 1 rings (SSSR count). The zero-order chi connectivity index (χ0) is 14.3. The van der Waals surface area contributed by atoms with Gasteiger partial charge >= 0.3 is 11.9 Å². The minimum Gasteiger partial charge on any atom is -0.459 e. The molecule has 1 aromatic rings. The van der Waals surface area contributed by atoms with Gasteiger partial charge in [0.2, 0.25) is 0 Å². The van der Waals surface area contributed by atoms with Gasteiger partial charge in [0.15, 0.2) is 0 Å². The number of rotatable bonds is 5. The molecule has 4 nitrogen and oxygen atoms in total. The van der Waals surface area contributed by atoms with Gasteiger partial charge in [-0.1, -0.05) is 37.3 Å². The van der Waals surface area contributed by atoms with Crippen molar-refractivity contribution in [1.82, 2.24) is 5.32 Å². The SMILES string of the molecule is CCOC(=O)C(=O)NC(C)C(C)Cc1ccccc1. The van der Waals surface area contributed by atoms with Crippen LogP contribution in [0.25, 0.3) is 0 Å². The number of amides is 1. The Kier molecular flexibility index (Phi) is 6.06. The summed E-state index contributed by atoms with van der Waals surface area (Å²) in [6.07, 6.45) is 0.852. The van der Waals surface area contributed by atoms with Crippen LogP contribution in [0.3, 0.4) is 0 Å². The van der Waals surface area contributed by atoms with Gasteiger partial charge in [0.1, 0.15) is 0 Å². The fourth-order valence-corrected chi connectivity index (χ4v) is 1.77. The second kappa shape index (κ2) is 7.56. The summed E-state index contributed by atoms with van der Waals surface area (Å²) in [7, 11) is 0. The van der Waals surface area contributed by atoms with E-state index < -0.39 is 11.9 Å². The van der Waals surface area contributed by atoms with E-state index in [2.05, 4.69) is 22.2 Å². The molecule has 0 aromatic heterocycles. The van der Waals surface area contributed by atoms with E-state index in [1.807, 2.05) is 32.0 Å². The summed E-state index contributed by atoms with van der Waals surface area (Å²) in [6.45, 7) is 5.82. The molecule has 2 atom stereocenters. The van der Waals surface area contributed by atoms with Crippen LogP contribution < -0.4 is 5.32 Å². The average Bonchev–Trinajstić information content (AvgIpc) is 2.40. The molecule has 0 aliphatic rings. The average molecular weight is 263 g/mol. The first kappa shape index (κ1) is 15.2. The Morgan fingerprint density at radius 1 is 1.21 bits per heavy atom. The molecule has 0 bridgehead atoms. The smallest absolute Gasteiger partial charge is 0.396 e. The fourth-order valence-electron chi connectivity index (χ4n) is 1.77. The third kappa shape index (κ3) is 5.12. The first-order valence-electron chi connectivity index (χ1n) is 6.56. The molecule has 0 spiro atoms. The predicted octanol–water partition coefficient (Wildman–Crippen LogP) is 1.93. The summed E-state index contributed by atoms with van der Waals surface area (Å²) >= 11 is 0. The zero-order valence-electron chi connectivity index (χ0n) is 11.7. The van der Waals surface area contributed by atoms with Crippen molar-refractivity contribution in [2.45, 2.75) is 33.2 Å². The summed E-state index contributed by atoms with van der Waals surface area (Å²) in [5.41, 5.74) is 1.22. The van der Waals surface area contributed by atoms with Gasteiger partial charge in [-0.2, -0.15) is 0 Å². The lowest BCUT2D eigenvalue weighted by Gasteiger charge is -2.20. The highest BCUT2D eigenvalue weighted by Gasteiger charge is 2.20. The zero-order valence-corrected chi connectivity index (χ0v) is 11.7. The first-order chi connectivity index (χ1) is 9.04. The molecule has 104 valence electrons. The van der Waals surface area contributed by atoms with E-state index >= 15 is 0 Å². The Labute approximate surface area is 114 Å². The summed E-state index contributed by atoms with van der Waals surface area (Å²) in [4.78, 5) is 22.7. The Morgan fingerprint density at radius 3 is 2.42 bits per heavy atom. The van der Waals surface area contributed by atoms with Crippen LogP contribution in [0.1, 0.15) is 26.3 Å². The van der Waals surface area contributed by atoms with Crippen LogP contribution in [0.4, 0.5) is 0 Å². The van der Waals surface area contributed by atoms with E-state index in [4.69, 9.17) is 0 Å². The Bertz CT molecular complexity index is 417. The third-order valence-corrected chi connectivity index (χ3v) is 3.07. The molecule has 0 aliphatic heterocycles. The number of nitrogens with one attached hydrogen (secondary N) is 1. The summed E-state index contributed by atoms with van der Waals surface area (Å²) in [6, 6.07) is 9.97. The molecule has 0 saturated heterocycles. The Hall–Kier alpha value is -1.84. The second-order valence-electron chi connectivity index (χ2n) is 4.65. The monoisotopic (exact) mass is 263 g/mol. The van der Waals surface area contributed by atoms with Gasteiger partial charge < -0.3 is 10.1 Å². The van der Waals surface area contributed by atoms with Crippen LogP contribution >= 0.6 is 0 Å². The van der Waals surface area contributed by atoms with Crippen molar-refractivity contribution in [1.29, 1.82) is 0 Å². The van der Waals surface area contributed by atoms with Crippen molar-refractivity contribution in [2.24, 2.45) is 5.92 Å². The number of ether oxygens (including phenoxy) is 1. The molecule has 19 heavy (non-hydrogen) atoms. The molecule has 1 amide bonds. The highest BCUT2D eigenvalue weighted by Crippen LogP contribution is 2.11. The van der Waals surface area contributed by atoms with E-state index in [0.717, 1.165) is 6.42 Å².